The maximum Gasteiger partial charge on any atom is 0.225 e. The van der Waals surface area contributed by atoms with Crippen molar-refractivity contribution in [2.24, 2.45) is 5.92 Å². The van der Waals surface area contributed by atoms with E-state index in [2.05, 4.69) is 14.3 Å². The van der Waals surface area contributed by atoms with E-state index in [1.165, 1.54) is 23.7 Å². The Kier molecular flexibility index (Phi) is 5.15. The Morgan fingerprint density at radius 3 is 2.50 bits per heavy atom. The largest absolute Gasteiger partial charge is 0.347 e. The summed E-state index contributed by atoms with van der Waals surface area (Å²) < 4.78 is 17.4. The van der Waals surface area contributed by atoms with Gasteiger partial charge in [-0.2, -0.15) is 4.37 Å². The quantitative estimate of drug-likeness (QED) is 0.825. The molecule has 0 saturated carbocycles. The van der Waals surface area contributed by atoms with E-state index in [9.17, 15) is 9.18 Å². The third kappa shape index (κ3) is 3.87. The van der Waals surface area contributed by atoms with Crippen LogP contribution in [0.5, 0.6) is 0 Å². The summed E-state index contributed by atoms with van der Waals surface area (Å²) in [6.45, 7) is 3.58. The summed E-state index contributed by atoms with van der Waals surface area (Å²) in [6.07, 6.45) is 4.68. The van der Waals surface area contributed by atoms with Gasteiger partial charge in [0.2, 0.25) is 11.0 Å². The van der Waals surface area contributed by atoms with Crippen LogP contribution in [0.25, 0.3) is 0 Å². The molecule has 5 nitrogen and oxygen atoms in total. The van der Waals surface area contributed by atoms with Crippen LogP contribution in [0.2, 0.25) is 0 Å². The summed E-state index contributed by atoms with van der Waals surface area (Å²) in [5, 5.41) is 0.925. The number of piperidine rings is 1. The molecular weight excluding hydrogens is 351 g/mol. The number of likely N-dealkylation sites (tertiary alicyclic amines) is 1. The van der Waals surface area contributed by atoms with Crippen LogP contribution in [0.15, 0.2) is 24.3 Å². The summed E-state index contributed by atoms with van der Waals surface area (Å²) in [6, 6.07) is 6.46. The van der Waals surface area contributed by atoms with Gasteiger partial charge < -0.3 is 9.80 Å². The third-order valence-electron chi connectivity index (χ3n) is 5.27. The first kappa shape index (κ1) is 17.4. The Labute approximate surface area is 157 Å². The SMILES string of the molecule is O=C(C1CCN(c2nc(Cc3ccc(F)cc3)ns2)CC1)N1CCCC1. The van der Waals surface area contributed by atoms with Crippen LogP contribution in [-0.4, -0.2) is 46.3 Å². The number of benzene rings is 1. The number of halogens is 1. The second-order valence-electron chi connectivity index (χ2n) is 7.09. The van der Waals surface area contributed by atoms with Crippen molar-refractivity contribution in [2.75, 3.05) is 31.1 Å². The maximum absolute atomic E-state index is 13.0. The molecule has 2 fully saturated rings. The minimum absolute atomic E-state index is 0.163. The van der Waals surface area contributed by atoms with Gasteiger partial charge in [-0.05, 0) is 43.4 Å². The van der Waals surface area contributed by atoms with Crippen molar-refractivity contribution >= 4 is 22.6 Å². The highest BCUT2D eigenvalue weighted by Crippen LogP contribution is 2.27. The minimum atomic E-state index is -0.230. The average Bonchev–Trinajstić information content (AvgIpc) is 3.35. The molecular formula is C19H23FN4OS. The van der Waals surface area contributed by atoms with Crippen molar-refractivity contribution in [1.82, 2.24) is 14.3 Å². The molecule has 0 unspecified atom stereocenters. The predicted octanol–water partition coefficient (Wildman–Crippen LogP) is 3.11. The van der Waals surface area contributed by atoms with E-state index in [1.807, 2.05) is 4.90 Å². The van der Waals surface area contributed by atoms with Gasteiger partial charge in [-0.3, -0.25) is 4.79 Å². The predicted molar refractivity (Wildman–Crippen MR) is 99.9 cm³/mol. The van der Waals surface area contributed by atoms with Gasteiger partial charge in [0, 0.05) is 50.1 Å². The van der Waals surface area contributed by atoms with E-state index in [1.54, 1.807) is 12.1 Å². The van der Waals surface area contributed by atoms with Crippen LogP contribution in [0.4, 0.5) is 9.52 Å². The second kappa shape index (κ2) is 7.70. The average molecular weight is 374 g/mol. The van der Waals surface area contributed by atoms with Gasteiger partial charge in [-0.15, -0.1) is 0 Å². The van der Waals surface area contributed by atoms with Gasteiger partial charge in [0.25, 0.3) is 0 Å². The van der Waals surface area contributed by atoms with Gasteiger partial charge in [0.15, 0.2) is 0 Å². The Morgan fingerprint density at radius 2 is 1.81 bits per heavy atom. The molecule has 4 rings (SSSR count). The minimum Gasteiger partial charge on any atom is -0.347 e. The summed E-state index contributed by atoms with van der Waals surface area (Å²) in [7, 11) is 0. The van der Waals surface area contributed by atoms with Crippen molar-refractivity contribution in [2.45, 2.75) is 32.1 Å². The van der Waals surface area contributed by atoms with E-state index in [4.69, 9.17) is 0 Å². The molecule has 1 aromatic heterocycles. The van der Waals surface area contributed by atoms with Crippen molar-refractivity contribution < 1.29 is 9.18 Å². The molecule has 3 heterocycles. The molecule has 7 heteroatoms. The second-order valence-corrected chi connectivity index (χ2v) is 7.82. The number of rotatable bonds is 4. The number of amides is 1. The van der Waals surface area contributed by atoms with Gasteiger partial charge in [-0.1, -0.05) is 12.1 Å². The Morgan fingerprint density at radius 1 is 1.12 bits per heavy atom. The number of anilines is 1. The van der Waals surface area contributed by atoms with Crippen LogP contribution in [-0.2, 0) is 11.2 Å². The molecule has 138 valence electrons. The van der Waals surface area contributed by atoms with E-state index in [0.717, 1.165) is 68.4 Å². The standard InChI is InChI=1S/C19H23FN4OS/c20-16-5-3-14(4-6-16)13-17-21-19(26-22-17)24-11-7-15(8-12-24)18(25)23-9-1-2-10-23/h3-6,15H,1-2,7-13H2. The summed E-state index contributed by atoms with van der Waals surface area (Å²) >= 11 is 1.41. The van der Waals surface area contributed by atoms with Crippen LogP contribution < -0.4 is 4.90 Å². The first-order valence-corrected chi connectivity index (χ1v) is 10.1. The molecule has 0 atom stereocenters. The van der Waals surface area contributed by atoms with E-state index < -0.39 is 0 Å². The lowest BCUT2D eigenvalue weighted by Gasteiger charge is -2.32. The fourth-order valence-electron chi connectivity index (χ4n) is 3.74. The van der Waals surface area contributed by atoms with Crippen molar-refractivity contribution in [3.63, 3.8) is 0 Å². The first-order chi connectivity index (χ1) is 12.7. The van der Waals surface area contributed by atoms with Gasteiger partial charge >= 0.3 is 0 Å². The van der Waals surface area contributed by atoms with Crippen LogP contribution in [0.1, 0.15) is 37.1 Å². The molecule has 1 aromatic carbocycles. The topological polar surface area (TPSA) is 49.3 Å². The highest BCUT2D eigenvalue weighted by atomic mass is 32.1. The molecule has 2 saturated heterocycles. The molecule has 0 aliphatic carbocycles. The lowest BCUT2D eigenvalue weighted by Crippen LogP contribution is -2.41. The molecule has 2 aromatic rings. The fourth-order valence-corrected chi connectivity index (χ4v) is 4.48. The number of nitrogens with zero attached hydrogens (tertiary/aromatic N) is 4. The number of aromatic nitrogens is 2. The molecule has 0 N–H and O–H groups in total. The lowest BCUT2D eigenvalue weighted by atomic mass is 9.95. The van der Waals surface area contributed by atoms with Crippen molar-refractivity contribution in [3.8, 4) is 0 Å². The summed E-state index contributed by atoms with van der Waals surface area (Å²) in [4.78, 5) is 21.4. The first-order valence-electron chi connectivity index (χ1n) is 9.30. The van der Waals surface area contributed by atoms with E-state index in [-0.39, 0.29) is 11.7 Å². The molecule has 2 aliphatic heterocycles. The zero-order chi connectivity index (χ0) is 17.9. The number of carbonyl (C=O) groups excluding carboxylic acids is 1. The van der Waals surface area contributed by atoms with Crippen LogP contribution in [0, 0.1) is 11.7 Å². The maximum atomic E-state index is 13.0. The Hall–Kier alpha value is -2.02. The van der Waals surface area contributed by atoms with Crippen molar-refractivity contribution in [3.05, 3.63) is 41.5 Å². The third-order valence-corrected chi connectivity index (χ3v) is 6.08. The zero-order valence-corrected chi connectivity index (χ0v) is 15.6. The Bertz CT molecular complexity index is 749. The summed E-state index contributed by atoms with van der Waals surface area (Å²) in [5.74, 6) is 1.05. The fraction of sp³-hybridized carbons (Fsp3) is 0.526. The normalized spacial score (nSPS) is 18.5. The zero-order valence-electron chi connectivity index (χ0n) is 14.7. The van der Waals surface area contributed by atoms with Crippen LogP contribution in [0.3, 0.4) is 0 Å². The van der Waals surface area contributed by atoms with E-state index >= 15 is 0 Å². The molecule has 0 spiro atoms. The molecule has 0 radical (unpaired) electrons. The highest BCUT2D eigenvalue weighted by Gasteiger charge is 2.30. The summed E-state index contributed by atoms with van der Waals surface area (Å²) in [5.41, 5.74) is 1.01. The van der Waals surface area contributed by atoms with Gasteiger partial charge in [0.1, 0.15) is 11.6 Å². The van der Waals surface area contributed by atoms with Crippen molar-refractivity contribution in [1.29, 1.82) is 0 Å². The lowest BCUT2D eigenvalue weighted by molar-refractivity contribution is -0.135. The monoisotopic (exact) mass is 374 g/mol. The Balaban J connectivity index is 1.32. The molecule has 1 amide bonds. The van der Waals surface area contributed by atoms with E-state index in [0.29, 0.717) is 12.3 Å². The highest BCUT2D eigenvalue weighted by molar-refractivity contribution is 7.09. The number of hydrogen-bond acceptors (Lipinski definition) is 5. The van der Waals surface area contributed by atoms with Gasteiger partial charge in [-0.25, -0.2) is 9.37 Å². The number of carbonyl (C=O) groups is 1. The van der Waals surface area contributed by atoms with Crippen LogP contribution >= 0.6 is 11.5 Å². The smallest absolute Gasteiger partial charge is 0.225 e. The van der Waals surface area contributed by atoms with Gasteiger partial charge in [0.05, 0.1) is 0 Å². The number of hydrogen-bond donors (Lipinski definition) is 0. The molecule has 2 aliphatic rings. The molecule has 0 bridgehead atoms. The molecule has 26 heavy (non-hydrogen) atoms.